The molecule has 0 aliphatic carbocycles. The first-order valence-corrected chi connectivity index (χ1v) is 6.38. The summed E-state index contributed by atoms with van der Waals surface area (Å²) in [5.41, 5.74) is -1.45. The molecule has 0 aliphatic rings. The van der Waals surface area contributed by atoms with Crippen LogP contribution in [0.1, 0.15) is 41.0 Å². The maximum Gasteiger partial charge on any atom is 0.236 e. The first-order valence-electron chi connectivity index (χ1n) is 6.38. The molecule has 0 aromatic carbocycles. The average Bonchev–Trinajstić information content (AvgIpc) is 2.21. The highest BCUT2D eigenvalue weighted by molar-refractivity contribution is 5.81. The molecular formula is C13H28N2O3. The zero-order chi connectivity index (χ0) is 14.4. The third kappa shape index (κ3) is 5.80. The number of carbonyl (C=O) groups excluding carboxylic acids is 1. The smallest absolute Gasteiger partial charge is 0.236 e. The van der Waals surface area contributed by atoms with Crippen molar-refractivity contribution < 1.29 is 14.6 Å². The van der Waals surface area contributed by atoms with Gasteiger partial charge in [-0.2, -0.15) is 0 Å². The molecule has 18 heavy (non-hydrogen) atoms. The number of methoxy groups -OCH3 is 1. The van der Waals surface area contributed by atoms with Crippen molar-refractivity contribution in [1.82, 2.24) is 10.6 Å². The Hall–Kier alpha value is -0.650. The molecule has 0 aromatic heterocycles. The van der Waals surface area contributed by atoms with Gasteiger partial charge in [-0.25, -0.2) is 0 Å². The van der Waals surface area contributed by atoms with E-state index in [1.807, 2.05) is 13.8 Å². The maximum atomic E-state index is 11.8. The lowest BCUT2D eigenvalue weighted by Crippen LogP contribution is -2.61. The Balaban J connectivity index is 4.16. The monoisotopic (exact) mass is 260 g/mol. The molecule has 5 nitrogen and oxygen atoms in total. The van der Waals surface area contributed by atoms with Crippen LogP contribution in [-0.4, -0.2) is 48.5 Å². The number of hydrogen-bond acceptors (Lipinski definition) is 4. The van der Waals surface area contributed by atoms with Crippen molar-refractivity contribution in [3.8, 4) is 0 Å². The lowest BCUT2D eigenvalue weighted by molar-refractivity contribution is -0.124. The van der Waals surface area contributed by atoms with Gasteiger partial charge in [0.05, 0.1) is 11.6 Å². The molecule has 0 saturated heterocycles. The second kappa shape index (κ2) is 7.07. The van der Waals surface area contributed by atoms with Crippen molar-refractivity contribution in [2.45, 2.75) is 58.2 Å². The van der Waals surface area contributed by atoms with Crippen molar-refractivity contribution in [2.75, 3.05) is 20.3 Å². The quantitative estimate of drug-likeness (QED) is 0.561. The number of ether oxygens (including phenoxy) is 1. The topological polar surface area (TPSA) is 70.6 Å². The molecule has 1 atom stereocenters. The summed E-state index contributed by atoms with van der Waals surface area (Å²) in [4.78, 5) is 11.8. The minimum Gasteiger partial charge on any atom is -0.389 e. The molecule has 3 N–H and O–H groups in total. The highest BCUT2D eigenvalue weighted by Crippen LogP contribution is 2.21. The van der Waals surface area contributed by atoms with E-state index in [0.29, 0.717) is 13.2 Å². The van der Waals surface area contributed by atoms with Crippen molar-refractivity contribution in [2.24, 2.45) is 0 Å². The Morgan fingerprint density at radius 3 is 2.33 bits per heavy atom. The van der Waals surface area contributed by atoms with Gasteiger partial charge in [0.2, 0.25) is 5.91 Å². The van der Waals surface area contributed by atoms with Gasteiger partial charge in [0.25, 0.3) is 0 Å². The lowest BCUT2D eigenvalue weighted by atomic mass is 9.85. The molecule has 0 spiro atoms. The summed E-state index contributed by atoms with van der Waals surface area (Å²) in [7, 11) is 1.64. The third-order valence-electron chi connectivity index (χ3n) is 3.32. The van der Waals surface area contributed by atoms with E-state index >= 15 is 0 Å². The van der Waals surface area contributed by atoms with Crippen LogP contribution in [0.25, 0.3) is 0 Å². The number of rotatable bonds is 8. The van der Waals surface area contributed by atoms with Crippen LogP contribution in [0.4, 0.5) is 0 Å². The van der Waals surface area contributed by atoms with Gasteiger partial charge in [-0.05, 0) is 41.0 Å². The van der Waals surface area contributed by atoms with Crippen molar-refractivity contribution in [1.29, 1.82) is 0 Å². The van der Waals surface area contributed by atoms with Gasteiger partial charge in [0.1, 0.15) is 0 Å². The van der Waals surface area contributed by atoms with E-state index in [0.717, 1.165) is 6.42 Å². The Morgan fingerprint density at radius 2 is 1.89 bits per heavy atom. The van der Waals surface area contributed by atoms with E-state index in [1.54, 1.807) is 27.9 Å². The minimum absolute atomic E-state index is 0.0663. The molecule has 0 saturated carbocycles. The predicted octanol–water partition coefficient (Wildman–Crippen LogP) is 0.667. The molecule has 0 aliphatic heterocycles. The molecule has 0 aromatic rings. The Bertz CT molecular complexity index is 259. The van der Waals surface area contributed by atoms with Crippen LogP contribution < -0.4 is 10.6 Å². The van der Waals surface area contributed by atoms with E-state index in [2.05, 4.69) is 10.6 Å². The van der Waals surface area contributed by atoms with Gasteiger partial charge in [-0.15, -0.1) is 0 Å². The largest absolute Gasteiger partial charge is 0.389 e. The molecule has 108 valence electrons. The van der Waals surface area contributed by atoms with Crippen LogP contribution in [0.15, 0.2) is 0 Å². The van der Waals surface area contributed by atoms with Crippen LogP contribution in [-0.2, 0) is 9.53 Å². The van der Waals surface area contributed by atoms with Crippen LogP contribution in [0.2, 0.25) is 0 Å². The summed E-state index contributed by atoms with van der Waals surface area (Å²) >= 11 is 0. The van der Waals surface area contributed by atoms with E-state index in [-0.39, 0.29) is 11.9 Å². The summed E-state index contributed by atoms with van der Waals surface area (Å²) in [5.74, 6) is -0.0663. The lowest BCUT2D eigenvalue weighted by Gasteiger charge is -2.40. The summed E-state index contributed by atoms with van der Waals surface area (Å²) in [6, 6.07) is -0.353. The van der Waals surface area contributed by atoms with Gasteiger partial charge < -0.3 is 15.2 Å². The van der Waals surface area contributed by atoms with E-state index < -0.39 is 11.1 Å². The standard InChI is InChI=1S/C13H28N2O3/c1-10(11(16)14-8-7-9-18-6)15-12(2,3)13(4,5)17/h10,15,17H,7-9H2,1-6H3,(H,14,16). The van der Waals surface area contributed by atoms with Gasteiger partial charge in [0, 0.05) is 25.8 Å². The first-order chi connectivity index (χ1) is 8.12. The van der Waals surface area contributed by atoms with E-state index in [9.17, 15) is 9.90 Å². The molecule has 0 fully saturated rings. The molecule has 1 amide bonds. The number of aliphatic hydroxyl groups is 1. The van der Waals surface area contributed by atoms with E-state index in [1.165, 1.54) is 0 Å². The molecule has 0 rings (SSSR count). The second-order valence-corrected chi connectivity index (χ2v) is 5.69. The summed E-state index contributed by atoms with van der Waals surface area (Å²) in [5, 5.41) is 16.0. The summed E-state index contributed by atoms with van der Waals surface area (Å²) in [6.07, 6.45) is 0.795. The molecule has 5 heteroatoms. The average molecular weight is 260 g/mol. The van der Waals surface area contributed by atoms with Crippen LogP contribution in [0.3, 0.4) is 0 Å². The SMILES string of the molecule is COCCCNC(=O)C(C)NC(C)(C)C(C)(C)O. The third-order valence-corrected chi connectivity index (χ3v) is 3.32. The van der Waals surface area contributed by atoms with Gasteiger partial charge in [-0.3, -0.25) is 10.1 Å². The Kier molecular flexibility index (Phi) is 6.81. The highest BCUT2D eigenvalue weighted by atomic mass is 16.5. The fourth-order valence-electron chi connectivity index (χ4n) is 1.36. The van der Waals surface area contributed by atoms with Crippen molar-refractivity contribution >= 4 is 5.91 Å². The normalized spacial score (nSPS) is 14.4. The van der Waals surface area contributed by atoms with Gasteiger partial charge in [-0.1, -0.05) is 0 Å². The molecular weight excluding hydrogens is 232 g/mol. The number of amides is 1. The second-order valence-electron chi connectivity index (χ2n) is 5.69. The van der Waals surface area contributed by atoms with Crippen molar-refractivity contribution in [3.63, 3.8) is 0 Å². The number of hydrogen-bond donors (Lipinski definition) is 3. The summed E-state index contributed by atoms with van der Waals surface area (Å²) < 4.78 is 4.91. The molecule has 0 bridgehead atoms. The Morgan fingerprint density at radius 1 is 1.33 bits per heavy atom. The maximum absolute atomic E-state index is 11.8. The van der Waals surface area contributed by atoms with Gasteiger partial charge >= 0.3 is 0 Å². The fraction of sp³-hybridized carbons (Fsp3) is 0.923. The minimum atomic E-state index is -0.905. The predicted molar refractivity (Wildman–Crippen MR) is 72.5 cm³/mol. The van der Waals surface area contributed by atoms with Gasteiger partial charge in [0.15, 0.2) is 0 Å². The fourth-order valence-corrected chi connectivity index (χ4v) is 1.36. The molecule has 0 heterocycles. The van der Waals surface area contributed by atoms with Crippen molar-refractivity contribution in [3.05, 3.63) is 0 Å². The first kappa shape index (κ1) is 17.4. The zero-order valence-corrected chi connectivity index (χ0v) is 12.5. The Labute approximate surface area is 110 Å². The molecule has 1 unspecified atom stereocenters. The van der Waals surface area contributed by atoms with Crippen LogP contribution >= 0.6 is 0 Å². The molecule has 0 radical (unpaired) electrons. The number of nitrogens with one attached hydrogen (secondary N) is 2. The van der Waals surface area contributed by atoms with Crippen LogP contribution in [0.5, 0.6) is 0 Å². The highest BCUT2D eigenvalue weighted by Gasteiger charge is 2.36. The van der Waals surface area contributed by atoms with Crippen LogP contribution in [0, 0.1) is 0 Å². The number of carbonyl (C=O) groups is 1. The van der Waals surface area contributed by atoms with E-state index in [4.69, 9.17) is 4.74 Å². The zero-order valence-electron chi connectivity index (χ0n) is 12.5. The summed E-state index contributed by atoms with van der Waals surface area (Å²) in [6.45, 7) is 10.2.